The predicted molar refractivity (Wildman–Crippen MR) is 68.7 cm³/mol. The number of nitrogens with one attached hydrogen (secondary N) is 1. The first kappa shape index (κ1) is 12.4. The number of H-pyrrole nitrogens is 1. The molecular weight excluding hydrogens is 230 g/mol. The van der Waals surface area contributed by atoms with Crippen molar-refractivity contribution in [2.75, 3.05) is 0 Å². The number of carboxylic acids is 1. The van der Waals surface area contributed by atoms with E-state index in [1.807, 2.05) is 24.3 Å². The number of carbonyl (C=O) groups is 2. The fraction of sp³-hybridized carbons (Fsp3) is 0.286. The van der Waals surface area contributed by atoms with Crippen LogP contribution < -0.4 is 0 Å². The third-order valence-corrected chi connectivity index (χ3v) is 2.93. The molecule has 4 nitrogen and oxygen atoms in total. The van der Waals surface area contributed by atoms with Crippen LogP contribution in [0.15, 0.2) is 30.5 Å². The second-order valence-electron chi connectivity index (χ2n) is 4.27. The first-order valence-corrected chi connectivity index (χ1v) is 5.99. The van der Waals surface area contributed by atoms with Crippen molar-refractivity contribution < 1.29 is 14.7 Å². The van der Waals surface area contributed by atoms with Crippen LogP contribution in [0.5, 0.6) is 0 Å². The predicted octanol–water partition coefficient (Wildman–Crippen LogP) is 3.00. The molecule has 1 aromatic heterocycles. The van der Waals surface area contributed by atoms with E-state index in [1.54, 1.807) is 6.20 Å². The van der Waals surface area contributed by atoms with E-state index in [4.69, 9.17) is 5.11 Å². The molecule has 0 atom stereocenters. The van der Waals surface area contributed by atoms with E-state index in [2.05, 4.69) is 4.98 Å². The van der Waals surface area contributed by atoms with E-state index in [0.717, 1.165) is 10.9 Å². The zero-order valence-electron chi connectivity index (χ0n) is 9.98. The van der Waals surface area contributed by atoms with E-state index in [0.29, 0.717) is 24.8 Å². The Bertz CT molecular complexity index is 571. The molecule has 0 fully saturated rings. The topological polar surface area (TPSA) is 70.2 Å². The van der Waals surface area contributed by atoms with Gasteiger partial charge in [-0.3, -0.25) is 9.59 Å². The molecule has 2 N–H and O–H groups in total. The molecule has 1 heterocycles. The molecule has 2 aromatic rings. The van der Waals surface area contributed by atoms with Crippen LogP contribution in [0.1, 0.15) is 36.0 Å². The van der Waals surface area contributed by atoms with E-state index in [9.17, 15) is 9.59 Å². The molecule has 1 aromatic carbocycles. The van der Waals surface area contributed by atoms with Crippen LogP contribution in [0, 0.1) is 0 Å². The number of Topliss-reactive ketones (excluding diaryl/α,β-unsaturated/α-hetero) is 1. The SMILES string of the molecule is O=C(O)CCCCC(=O)c1c[nH]c2ccccc12. The van der Waals surface area contributed by atoms with Crippen LogP contribution in [0.25, 0.3) is 10.9 Å². The lowest BCUT2D eigenvalue weighted by Crippen LogP contribution is -1.99. The Hall–Kier alpha value is -2.10. The van der Waals surface area contributed by atoms with Gasteiger partial charge in [0.15, 0.2) is 5.78 Å². The third kappa shape index (κ3) is 2.77. The highest BCUT2D eigenvalue weighted by Gasteiger charge is 2.11. The molecule has 0 aliphatic carbocycles. The number of hydrogen-bond donors (Lipinski definition) is 2. The first-order valence-electron chi connectivity index (χ1n) is 5.99. The van der Waals surface area contributed by atoms with E-state index < -0.39 is 5.97 Å². The minimum atomic E-state index is -0.811. The number of fused-ring (bicyclic) bond motifs is 1. The van der Waals surface area contributed by atoms with Crippen molar-refractivity contribution in [3.8, 4) is 0 Å². The fourth-order valence-corrected chi connectivity index (χ4v) is 2.00. The molecule has 0 aliphatic rings. The van der Waals surface area contributed by atoms with Gasteiger partial charge in [0.2, 0.25) is 0 Å². The number of carbonyl (C=O) groups excluding carboxylic acids is 1. The van der Waals surface area contributed by atoms with Gasteiger partial charge >= 0.3 is 5.97 Å². The van der Waals surface area contributed by atoms with E-state index >= 15 is 0 Å². The van der Waals surface area contributed by atoms with E-state index in [-0.39, 0.29) is 12.2 Å². The van der Waals surface area contributed by atoms with Crippen molar-refractivity contribution in [2.24, 2.45) is 0 Å². The summed E-state index contributed by atoms with van der Waals surface area (Å²) < 4.78 is 0. The third-order valence-electron chi connectivity index (χ3n) is 2.93. The molecular formula is C14H15NO3. The van der Waals surface area contributed by atoms with Gasteiger partial charge < -0.3 is 10.1 Å². The highest BCUT2D eigenvalue weighted by atomic mass is 16.4. The number of aliphatic carboxylic acids is 1. The second kappa shape index (κ2) is 5.49. The number of hydrogen-bond acceptors (Lipinski definition) is 2. The number of carboxylic acid groups (broad SMARTS) is 1. The largest absolute Gasteiger partial charge is 0.481 e. The zero-order valence-corrected chi connectivity index (χ0v) is 9.98. The molecule has 0 amide bonds. The van der Waals surface area contributed by atoms with Crippen LogP contribution >= 0.6 is 0 Å². The van der Waals surface area contributed by atoms with Crippen LogP contribution in [-0.4, -0.2) is 21.8 Å². The van der Waals surface area contributed by atoms with Gasteiger partial charge in [0, 0.05) is 35.5 Å². The van der Waals surface area contributed by atoms with Crippen molar-refractivity contribution in [2.45, 2.75) is 25.7 Å². The second-order valence-corrected chi connectivity index (χ2v) is 4.27. The Labute approximate surface area is 105 Å². The zero-order chi connectivity index (χ0) is 13.0. The highest BCUT2D eigenvalue weighted by molar-refractivity contribution is 6.07. The summed E-state index contributed by atoms with van der Waals surface area (Å²) in [6.45, 7) is 0. The van der Waals surface area contributed by atoms with Crippen molar-refractivity contribution in [3.05, 3.63) is 36.0 Å². The number of aromatic amines is 1. The maximum absolute atomic E-state index is 12.0. The molecule has 0 spiro atoms. The lowest BCUT2D eigenvalue weighted by Gasteiger charge is -1.99. The van der Waals surface area contributed by atoms with E-state index in [1.165, 1.54) is 0 Å². The lowest BCUT2D eigenvalue weighted by molar-refractivity contribution is -0.137. The average Bonchev–Trinajstić information content (AvgIpc) is 2.78. The lowest BCUT2D eigenvalue weighted by atomic mass is 10.0. The van der Waals surface area contributed by atoms with Crippen molar-refractivity contribution in [1.82, 2.24) is 4.98 Å². The number of ketones is 1. The fourth-order valence-electron chi connectivity index (χ4n) is 2.00. The number of rotatable bonds is 6. The Balaban J connectivity index is 1.99. The van der Waals surface area contributed by atoms with Crippen LogP contribution in [-0.2, 0) is 4.79 Å². The molecule has 0 unspecified atom stereocenters. The summed E-state index contributed by atoms with van der Waals surface area (Å²) in [5.41, 5.74) is 1.65. The van der Waals surface area contributed by atoms with Crippen LogP contribution in [0.3, 0.4) is 0 Å². The molecule has 0 bridgehead atoms. The maximum Gasteiger partial charge on any atom is 0.303 e. The summed E-state index contributed by atoms with van der Waals surface area (Å²) in [7, 11) is 0. The number of para-hydroxylation sites is 1. The monoisotopic (exact) mass is 245 g/mol. The van der Waals surface area contributed by atoms with Gasteiger partial charge in [-0.2, -0.15) is 0 Å². The normalized spacial score (nSPS) is 10.7. The van der Waals surface area contributed by atoms with Gasteiger partial charge in [-0.15, -0.1) is 0 Å². The molecule has 0 aliphatic heterocycles. The number of unbranched alkanes of at least 4 members (excludes halogenated alkanes) is 1. The Morgan fingerprint density at radius 2 is 1.83 bits per heavy atom. The molecule has 2 rings (SSSR count). The van der Waals surface area contributed by atoms with Crippen molar-refractivity contribution in [3.63, 3.8) is 0 Å². The highest BCUT2D eigenvalue weighted by Crippen LogP contribution is 2.19. The van der Waals surface area contributed by atoms with Gasteiger partial charge in [-0.25, -0.2) is 0 Å². The quantitative estimate of drug-likeness (QED) is 0.607. The molecule has 94 valence electrons. The van der Waals surface area contributed by atoms with Gasteiger partial charge in [-0.1, -0.05) is 18.2 Å². The Morgan fingerprint density at radius 1 is 1.11 bits per heavy atom. The molecule has 0 saturated carbocycles. The Morgan fingerprint density at radius 3 is 2.61 bits per heavy atom. The molecule has 4 heteroatoms. The summed E-state index contributed by atoms with van der Waals surface area (Å²) in [5, 5.41) is 9.45. The summed E-state index contributed by atoms with van der Waals surface area (Å²) in [4.78, 5) is 25.4. The average molecular weight is 245 g/mol. The summed E-state index contributed by atoms with van der Waals surface area (Å²) in [6.07, 6.45) is 3.41. The number of benzene rings is 1. The van der Waals surface area contributed by atoms with Gasteiger partial charge in [-0.05, 0) is 18.9 Å². The molecule has 0 radical (unpaired) electrons. The standard InChI is InChI=1S/C14H15NO3/c16-13(7-3-4-8-14(17)18)11-9-15-12-6-2-1-5-10(11)12/h1-2,5-6,9,15H,3-4,7-8H2,(H,17,18). The summed E-state index contributed by atoms with van der Waals surface area (Å²) >= 11 is 0. The van der Waals surface area contributed by atoms with Gasteiger partial charge in [0.1, 0.15) is 0 Å². The van der Waals surface area contributed by atoms with Crippen molar-refractivity contribution >= 4 is 22.7 Å². The van der Waals surface area contributed by atoms with Crippen LogP contribution in [0.4, 0.5) is 0 Å². The minimum Gasteiger partial charge on any atom is -0.481 e. The van der Waals surface area contributed by atoms with Gasteiger partial charge in [0.25, 0.3) is 0 Å². The summed E-state index contributed by atoms with van der Waals surface area (Å²) in [6, 6.07) is 7.66. The van der Waals surface area contributed by atoms with Crippen LogP contribution in [0.2, 0.25) is 0 Å². The smallest absolute Gasteiger partial charge is 0.303 e. The maximum atomic E-state index is 12.0. The molecule has 18 heavy (non-hydrogen) atoms. The van der Waals surface area contributed by atoms with Gasteiger partial charge in [0.05, 0.1) is 0 Å². The minimum absolute atomic E-state index is 0.0674. The van der Waals surface area contributed by atoms with Crippen molar-refractivity contribution in [1.29, 1.82) is 0 Å². The first-order chi connectivity index (χ1) is 8.68. The molecule has 0 saturated heterocycles. The number of aromatic nitrogens is 1. The summed E-state index contributed by atoms with van der Waals surface area (Å²) in [5.74, 6) is -0.743. The Kier molecular flexibility index (Phi) is 3.77.